The summed E-state index contributed by atoms with van der Waals surface area (Å²) in [4.78, 5) is 17.3. The summed E-state index contributed by atoms with van der Waals surface area (Å²) in [5, 5.41) is 7.47. The second-order valence-corrected chi connectivity index (χ2v) is 8.76. The summed E-state index contributed by atoms with van der Waals surface area (Å²) in [7, 11) is 0. The molecule has 4 N–H and O–H groups in total. The van der Waals surface area contributed by atoms with E-state index in [0.717, 1.165) is 5.70 Å². The molecule has 0 aromatic carbocycles. The van der Waals surface area contributed by atoms with Gasteiger partial charge in [0.05, 0.1) is 29.4 Å². The number of aromatic nitrogens is 2. The van der Waals surface area contributed by atoms with E-state index in [9.17, 15) is 9.18 Å². The number of aliphatic imine (C=N–C) groups is 1. The van der Waals surface area contributed by atoms with Gasteiger partial charge in [-0.1, -0.05) is 36.8 Å². The van der Waals surface area contributed by atoms with Gasteiger partial charge in [0.2, 0.25) is 5.78 Å². The summed E-state index contributed by atoms with van der Waals surface area (Å²) >= 11 is 1.47. The molecule has 1 aliphatic heterocycles. The first-order valence-electron chi connectivity index (χ1n) is 11.7. The van der Waals surface area contributed by atoms with Crippen molar-refractivity contribution >= 4 is 36.0 Å². The minimum absolute atomic E-state index is 0.0988. The molecule has 2 aliphatic rings. The Balaban J connectivity index is 1.82. The van der Waals surface area contributed by atoms with Crippen LogP contribution in [0.1, 0.15) is 23.7 Å². The van der Waals surface area contributed by atoms with Crippen molar-refractivity contribution in [2.75, 3.05) is 25.1 Å². The Morgan fingerprint density at radius 1 is 1.37 bits per heavy atom. The van der Waals surface area contributed by atoms with Crippen molar-refractivity contribution in [2.24, 2.45) is 4.99 Å². The molecule has 0 saturated carbocycles. The second kappa shape index (κ2) is 13.8. The number of carbonyl (C=O) groups excluding carboxylic acids is 1. The monoisotopic (exact) mass is 534 g/mol. The third kappa shape index (κ3) is 7.36. The van der Waals surface area contributed by atoms with Crippen LogP contribution in [0.25, 0.3) is 5.70 Å². The molecule has 2 heterocycles. The van der Waals surface area contributed by atoms with E-state index in [1.165, 1.54) is 35.1 Å². The van der Waals surface area contributed by atoms with Crippen LogP contribution in [-0.2, 0) is 4.74 Å². The zero-order chi connectivity index (χ0) is 27.5. The molecule has 38 heavy (non-hydrogen) atoms. The molecule has 8 nitrogen and oxygen atoms in total. The number of halogens is 1. The molecule has 0 saturated heterocycles. The summed E-state index contributed by atoms with van der Waals surface area (Å²) in [6, 6.07) is 0. The van der Waals surface area contributed by atoms with Crippen molar-refractivity contribution in [3.05, 3.63) is 113 Å². The van der Waals surface area contributed by atoms with Gasteiger partial charge in [0.25, 0.3) is 0 Å². The van der Waals surface area contributed by atoms with E-state index < -0.39 is 5.83 Å². The van der Waals surface area contributed by atoms with Gasteiger partial charge in [-0.25, -0.2) is 9.07 Å². The van der Waals surface area contributed by atoms with Crippen LogP contribution in [0, 0.1) is 0 Å². The Morgan fingerprint density at radius 2 is 2.16 bits per heavy atom. The number of ketones is 1. The van der Waals surface area contributed by atoms with Crippen LogP contribution in [0.2, 0.25) is 0 Å². The summed E-state index contributed by atoms with van der Waals surface area (Å²) in [6.07, 6.45) is 21.0. The van der Waals surface area contributed by atoms with Crippen molar-refractivity contribution in [2.45, 2.75) is 13.3 Å². The third-order valence-corrected chi connectivity index (χ3v) is 5.89. The normalized spacial score (nSPS) is 20.1. The average molecular weight is 535 g/mol. The Hall–Kier alpha value is -4.31. The van der Waals surface area contributed by atoms with Gasteiger partial charge in [-0.05, 0) is 67.7 Å². The SMILES string of the molecule is C=N/C=C(\C(C)=C/COC1=C(F)C=CCC=C1)n1ncc(C(=O)/C2=C/C(=C)/C=C\C(NSC)=C/CN2)c1N. The number of hydrogen-bond acceptors (Lipinski definition) is 8. The minimum Gasteiger partial charge on any atom is -0.486 e. The van der Waals surface area contributed by atoms with Crippen LogP contribution in [0.15, 0.2) is 113 Å². The highest BCUT2D eigenvalue weighted by molar-refractivity contribution is 7.96. The Kier molecular flexibility index (Phi) is 10.3. The second-order valence-electron chi connectivity index (χ2n) is 8.14. The maximum atomic E-state index is 14.1. The molecule has 3 rings (SSSR count). The van der Waals surface area contributed by atoms with Crippen molar-refractivity contribution in [1.82, 2.24) is 19.8 Å². The zero-order valence-corrected chi connectivity index (χ0v) is 22.2. The van der Waals surface area contributed by atoms with Gasteiger partial charge in [-0.3, -0.25) is 9.79 Å². The summed E-state index contributed by atoms with van der Waals surface area (Å²) < 4.78 is 24.3. The fourth-order valence-corrected chi connectivity index (χ4v) is 3.89. The molecule has 10 heteroatoms. The smallest absolute Gasteiger partial charge is 0.214 e. The van der Waals surface area contributed by atoms with Gasteiger partial charge in [-0.15, -0.1) is 0 Å². The minimum atomic E-state index is -0.439. The van der Waals surface area contributed by atoms with E-state index in [1.807, 2.05) is 37.5 Å². The van der Waals surface area contributed by atoms with Crippen molar-refractivity contribution in [3.8, 4) is 0 Å². The average Bonchev–Trinajstić information content (AvgIpc) is 3.19. The van der Waals surface area contributed by atoms with Crippen LogP contribution < -0.4 is 15.8 Å². The molecule has 0 bridgehead atoms. The van der Waals surface area contributed by atoms with Crippen molar-refractivity contribution in [3.63, 3.8) is 0 Å². The fraction of sp³-hybridized carbons (Fsp3) is 0.179. The lowest BCUT2D eigenvalue weighted by Crippen LogP contribution is -2.22. The number of carbonyl (C=O) groups is 1. The number of anilines is 1. The molecule has 0 atom stereocenters. The van der Waals surface area contributed by atoms with Gasteiger partial charge in [-0.2, -0.15) is 5.10 Å². The predicted octanol–water partition coefficient (Wildman–Crippen LogP) is 5.16. The van der Waals surface area contributed by atoms with E-state index in [0.29, 0.717) is 35.5 Å². The van der Waals surface area contributed by atoms with Crippen molar-refractivity contribution < 1.29 is 13.9 Å². The van der Waals surface area contributed by atoms with Gasteiger partial charge in [0.15, 0.2) is 11.6 Å². The molecule has 0 amide bonds. The first-order chi connectivity index (χ1) is 18.3. The number of nitrogens with one attached hydrogen (secondary N) is 2. The highest BCUT2D eigenvalue weighted by Gasteiger charge is 2.21. The lowest BCUT2D eigenvalue weighted by Gasteiger charge is -2.12. The first kappa shape index (κ1) is 28.3. The van der Waals surface area contributed by atoms with E-state index in [1.54, 1.807) is 24.3 Å². The third-order valence-electron chi connectivity index (χ3n) is 5.45. The van der Waals surface area contributed by atoms with Crippen LogP contribution in [0.5, 0.6) is 0 Å². The van der Waals surface area contributed by atoms with E-state index in [-0.39, 0.29) is 29.5 Å². The number of ether oxygens (including phenoxy) is 1. The lowest BCUT2D eigenvalue weighted by molar-refractivity contribution is 0.102. The molecule has 198 valence electrons. The van der Waals surface area contributed by atoms with Gasteiger partial charge < -0.3 is 20.5 Å². The Morgan fingerprint density at radius 3 is 2.92 bits per heavy atom. The number of hydrogen-bond donors (Lipinski definition) is 3. The van der Waals surface area contributed by atoms with Crippen LogP contribution in [0.4, 0.5) is 10.2 Å². The molecule has 1 aliphatic carbocycles. The highest BCUT2D eigenvalue weighted by atomic mass is 32.2. The molecular formula is C28H31FN6O2S. The van der Waals surface area contributed by atoms with E-state index >= 15 is 0 Å². The first-order valence-corrected chi connectivity index (χ1v) is 13.0. The van der Waals surface area contributed by atoms with Gasteiger partial charge in [0, 0.05) is 18.5 Å². The Labute approximate surface area is 226 Å². The van der Waals surface area contributed by atoms with Gasteiger partial charge in [0.1, 0.15) is 12.4 Å². The number of rotatable bonds is 10. The summed E-state index contributed by atoms with van der Waals surface area (Å²) in [5.41, 5.74) is 9.65. The molecular weight excluding hydrogens is 503 g/mol. The predicted molar refractivity (Wildman–Crippen MR) is 155 cm³/mol. The molecule has 0 unspecified atom stereocenters. The maximum absolute atomic E-state index is 14.1. The fourth-order valence-electron chi connectivity index (χ4n) is 3.50. The number of nitrogen functional groups attached to an aromatic ring is 1. The Bertz CT molecular complexity index is 1340. The number of nitrogens with zero attached hydrogens (tertiary/aromatic N) is 3. The molecule has 1 aromatic heterocycles. The molecule has 1 aromatic rings. The standard InChI is InChI=1S/C28H31FN6O2S/c1-19-10-11-21(34-38-4)12-14-32-24(16-19)27(36)22-17-33-35(28(22)30)25(18-31-3)20(2)13-15-37-26-9-7-5-6-8-23(26)29/h6-13,16-18,32,34H,1,3,5,14-15,30H2,2,4H3/b11-10-,20-13-,21-12+,24-16-,25-18+. The van der Waals surface area contributed by atoms with Crippen molar-refractivity contribution in [1.29, 1.82) is 0 Å². The van der Waals surface area contributed by atoms with Crippen LogP contribution in [0.3, 0.4) is 0 Å². The van der Waals surface area contributed by atoms with Crippen LogP contribution >= 0.6 is 11.9 Å². The zero-order valence-electron chi connectivity index (χ0n) is 21.4. The number of Topliss-reactive ketones (excluding diaryl/α,β-unsaturated/α-hetero) is 1. The van der Waals surface area contributed by atoms with E-state index in [4.69, 9.17) is 10.5 Å². The van der Waals surface area contributed by atoms with E-state index in [2.05, 4.69) is 33.4 Å². The highest BCUT2D eigenvalue weighted by Crippen LogP contribution is 2.24. The molecule has 0 spiro atoms. The van der Waals surface area contributed by atoms with Crippen LogP contribution in [-0.4, -0.2) is 41.7 Å². The largest absolute Gasteiger partial charge is 0.486 e. The summed E-state index contributed by atoms with van der Waals surface area (Å²) in [5.74, 6) is -0.483. The summed E-state index contributed by atoms with van der Waals surface area (Å²) in [6.45, 7) is 9.85. The topological polar surface area (TPSA) is 107 Å². The number of nitrogens with two attached hydrogens (primary N) is 1. The molecule has 0 radical (unpaired) electrons. The maximum Gasteiger partial charge on any atom is 0.214 e. The lowest BCUT2D eigenvalue weighted by atomic mass is 10.1. The molecule has 0 fully saturated rings. The quantitative estimate of drug-likeness (QED) is 0.165. The number of allylic oxidation sites excluding steroid dienone is 12. The van der Waals surface area contributed by atoms with Gasteiger partial charge >= 0.3 is 0 Å².